The van der Waals surface area contributed by atoms with Gasteiger partial charge in [-0.2, -0.15) is 0 Å². The Balaban J connectivity index is 1.62. The molecule has 0 amide bonds. The van der Waals surface area contributed by atoms with Gasteiger partial charge in [0.2, 0.25) is 0 Å². The molecule has 5 heteroatoms. The van der Waals surface area contributed by atoms with Crippen LogP contribution in [-0.4, -0.2) is 30.2 Å². The smallest absolute Gasteiger partial charge is 0.252 e. The first-order valence-corrected chi connectivity index (χ1v) is 7.17. The van der Waals surface area contributed by atoms with Crippen LogP contribution in [-0.2, 0) is 6.42 Å². The average Bonchev–Trinajstić information content (AvgIpc) is 2.97. The molecule has 1 N–H and O–H groups in total. The average molecular weight is 285 g/mol. The van der Waals surface area contributed by atoms with Crippen molar-refractivity contribution in [1.29, 1.82) is 0 Å². The number of hydrogen-bond donors (Lipinski definition) is 1. The van der Waals surface area contributed by atoms with Crippen molar-refractivity contribution in [3.63, 3.8) is 0 Å². The number of anilines is 1. The first-order valence-electron chi connectivity index (χ1n) is 7.17. The van der Waals surface area contributed by atoms with Crippen LogP contribution in [0.15, 0.2) is 41.5 Å². The maximum absolute atomic E-state index is 11.3. The first-order chi connectivity index (χ1) is 10.2. The summed E-state index contributed by atoms with van der Waals surface area (Å²) in [4.78, 5) is 20.3. The second kappa shape index (κ2) is 5.99. The molecule has 21 heavy (non-hydrogen) atoms. The molecule has 1 atom stereocenters. The molecule has 0 spiro atoms. The van der Waals surface area contributed by atoms with E-state index in [-0.39, 0.29) is 5.56 Å². The largest absolute Gasteiger partial charge is 0.497 e. The summed E-state index contributed by atoms with van der Waals surface area (Å²) in [7, 11) is 1.68. The predicted molar refractivity (Wildman–Crippen MR) is 81.9 cm³/mol. The zero-order chi connectivity index (χ0) is 14.7. The Labute approximate surface area is 123 Å². The molecule has 5 nitrogen and oxygen atoms in total. The lowest BCUT2D eigenvalue weighted by Crippen LogP contribution is -2.23. The third kappa shape index (κ3) is 3.24. The Kier molecular flexibility index (Phi) is 3.90. The molecular formula is C16H19N3O2. The molecule has 1 aromatic heterocycles. The fraction of sp³-hybridized carbons (Fsp3) is 0.375. The van der Waals surface area contributed by atoms with E-state index >= 15 is 0 Å². The Bertz CT molecular complexity index is 651. The summed E-state index contributed by atoms with van der Waals surface area (Å²) in [6.07, 6.45) is 3.64. The lowest BCUT2D eigenvalue weighted by molar-refractivity contribution is 0.414. The molecule has 1 unspecified atom stereocenters. The topological polar surface area (TPSA) is 58.2 Å². The molecule has 110 valence electrons. The summed E-state index contributed by atoms with van der Waals surface area (Å²) in [5, 5.41) is 0. The van der Waals surface area contributed by atoms with Crippen molar-refractivity contribution >= 4 is 5.82 Å². The van der Waals surface area contributed by atoms with Gasteiger partial charge in [-0.05, 0) is 36.5 Å². The Morgan fingerprint density at radius 2 is 2.19 bits per heavy atom. The van der Waals surface area contributed by atoms with Crippen molar-refractivity contribution in [2.24, 2.45) is 5.92 Å². The lowest BCUT2D eigenvalue weighted by Gasteiger charge is -2.16. The highest BCUT2D eigenvalue weighted by Gasteiger charge is 2.23. The summed E-state index contributed by atoms with van der Waals surface area (Å²) in [5.41, 5.74) is 1.22. The summed E-state index contributed by atoms with van der Waals surface area (Å²) in [6, 6.07) is 9.80. The highest BCUT2D eigenvalue weighted by molar-refractivity contribution is 5.38. The summed E-state index contributed by atoms with van der Waals surface area (Å²) in [5.74, 6) is 2.26. The summed E-state index contributed by atoms with van der Waals surface area (Å²) < 4.78 is 5.18. The second-order valence-corrected chi connectivity index (χ2v) is 5.42. The maximum Gasteiger partial charge on any atom is 0.252 e. The van der Waals surface area contributed by atoms with E-state index in [4.69, 9.17) is 4.74 Å². The zero-order valence-electron chi connectivity index (χ0n) is 12.1. The summed E-state index contributed by atoms with van der Waals surface area (Å²) >= 11 is 0. The number of ether oxygens (including phenoxy) is 1. The highest BCUT2D eigenvalue weighted by atomic mass is 16.5. The number of hydrogen-bond acceptors (Lipinski definition) is 4. The van der Waals surface area contributed by atoms with E-state index in [1.54, 1.807) is 13.2 Å². The van der Waals surface area contributed by atoms with Gasteiger partial charge in [0.25, 0.3) is 5.56 Å². The van der Waals surface area contributed by atoms with Crippen molar-refractivity contribution in [1.82, 2.24) is 9.97 Å². The van der Waals surface area contributed by atoms with Crippen LogP contribution in [0.1, 0.15) is 12.0 Å². The SMILES string of the molecule is COc1ccc(CC2CCN(c3cc(=O)[nH]cn3)C2)cc1. The van der Waals surface area contributed by atoms with Crippen LogP contribution in [0.4, 0.5) is 5.82 Å². The molecule has 0 saturated carbocycles. The van der Waals surface area contributed by atoms with Crippen molar-refractivity contribution in [2.75, 3.05) is 25.1 Å². The van der Waals surface area contributed by atoms with Gasteiger partial charge in [0.05, 0.1) is 13.4 Å². The minimum Gasteiger partial charge on any atom is -0.497 e. The highest BCUT2D eigenvalue weighted by Crippen LogP contribution is 2.24. The molecule has 1 aliphatic heterocycles. The fourth-order valence-electron chi connectivity index (χ4n) is 2.83. The number of aromatic nitrogens is 2. The molecular weight excluding hydrogens is 266 g/mol. The molecule has 3 rings (SSSR count). The van der Waals surface area contributed by atoms with Gasteiger partial charge in [0, 0.05) is 19.2 Å². The molecule has 2 heterocycles. The monoisotopic (exact) mass is 285 g/mol. The fourth-order valence-corrected chi connectivity index (χ4v) is 2.83. The van der Waals surface area contributed by atoms with Crippen LogP contribution < -0.4 is 15.2 Å². The number of benzene rings is 1. The van der Waals surface area contributed by atoms with Gasteiger partial charge in [0.1, 0.15) is 11.6 Å². The van der Waals surface area contributed by atoms with Gasteiger partial charge in [-0.3, -0.25) is 4.79 Å². The molecule has 1 saturated heterocycles. The minimum atomic E-state index is -0.0985. The summed E-state index contributed by atoms with van der Waals surface area (Å²) in [6.45, 7) is 1.90. The molecule has 2 aromatic rings. The zero-order valence-corrected chi connectivity index (χ0v) is 12.1. The first kappa shape index (κ1) is 13.7. The van der Waals surface area contributed by atoms with Crippen molar-refractivity contribution in [3.05, 3.63) is 52.6 Å². The van der Waals surface area contributed by atoms with Crippen LogP contribution >= 0.6 is 0 Å². The lowest BCUT2D eigenvalue weighted by atomic mass is 9.99. The van der Waals surface area contributed by atoms with E-state index in [0.29, 0.717) is 5.92 Å². The number of rotatable bonds is 4. The number of nitrogens with zero attached hydrogens (tertiary/aromatic N) is 2. The van der Waals surface area contributed by atoms with Gasteiger partial charge < -0.3 is 14.6 Å². The van der Waals surface area contributed by atoms with Crippen molar-refractivity contribution < 1.29 is 4.74 Å². The van der Waals surface area contributed by atoms with E-state index in [2.05, 4.69) is 27.0 Å². The Hall–Kier alpha value is -2.30. The van der Waals surface area contributed by atoms with Crippen LogP contribution in [0.3, 0.4) is 0 Å². The van der Waals surface area contributed by atoms with Crippen LogP contribution in [0.25, 0.3) is 0 Å². The Morgan fingerprint density at radius 1 is 1.38 bits per heavy atom. The normalized spacial score (nSPS) is 18.0. The van der Waals surface area contributed by atoms with E-state index in [1.807, 2.05) is 12.1 Å². The number of nitrogens with one attached hydrogen (secondary N) is 1. The third-order valence-electron chi connectivity index (χ3n) is 3.96. The van der Waals surface area contributed by atoms with Crippen molar-refractivity contribution in [2.45, 2.75) is 12.8 Å². The van der Waals surface area contributed by atoms with E-state index in [0.717, 1.165) is 37.5 Å². The molecule has 0 aliphatic carbocycles. The van der Waals surface area contributed by atoms with Gasteiger partial charge in [-0.25, -0.2) is 4.98 Å². The molecule has 1 aliphatic rings. The van der Waals surface area contributed by atoms with Gasteiger partial charge in [0.15, 0.2) is 0 Å². The molecule has 0 radical (unpaired) electrons. The van der Waals surface area contributed by atoms with E-state index < -0.39 is 0 Å². The van der Waals surface area contributed by atoms with Crippen molar-refractivity contribution in [3.8, 4) is 5.75 Å². The van der Waals surface area contributed by atoms with Gasteiger partial charge in [-0.15, -0.1) is 0 Å². The minimum absolute atomic E-state index is 0.0985. The third-order valence-corrected chi connectivity index (χ3v) is 3.96. The molecule has 0 bridgehead atoms. The van der Waals surface area contributed by atoms with Gasteiger partial charge in [-0.1, -0.05) is 12.1 Å². The quantitative estimate of drug-likeness (QED) is 0.931. The van der Waals surface area contributed by atoms with E-state index in [1.165, 1.54) is 11.9 Å². The molecule has 1 aromatic carbocycles. The second-order valence-electron chi connectivity index (χ2n) is 5.42. The maximum atomic E-state index is 11.3. The number of H-pyrrole nitrogens is 1. The van der Waals surface area contributed by atoms with Crippen LogP contribution in [0, 0.1) is 5.92 Å². The standard InChI is InChI=1S/C16H19N3O2/c1-21-14-4-2-12(3-5-14)8-13-6-7-19(10-13)15-9-16(20)18-11-17-15/h2-5,9,11,13H,6-8,10H2,1H3,(H,17,18,20). The Morgan fingerprint density at radius 3 is 2.90 bits per heavy atom. The van der Waals surface area contributed by atoms with Crippen LogP contribution in [0.2, 0.25) is 0 Å². The van der Waals surface area contributed by atoms with Crippen LogP contribution in [0.5, 0.6) is 5.75 Å². The predicted octanol–water partition coefficient (Wildman–Crippen LogP) is 1.85. The molecule has 1 fully saturated rings. The van der Waals surface area contributed by atoms with E-state index in [9.17, 15) is 4.79 Å². The van der Waals surface area contributed by atoms with Gasteiger partial charge >= 0.3 is 0 Å². The number of methoxy groups -OCH3 is 1. The number of aromatic amines is 1.